The van der Waals surface area contributed by atoms with E-state index < -0.39 is 4.92 Å². The second-order valence-corrected chi connectivity index (χ2v) is 5.00. The van der Waals surface area contributed by atoms with Crippen molar-refractivity contribution >= 4 is 17.3 Å². The van der Waals surface area contributed by atoms with Gasteiger partial charge in [-0.15, -0.1) is 0 Å². The first-order chi connectivity index (χ1) is 8.58. The Labute approximate surface area is 110 Å². The number of benzene rings is 1. The minimum atomic E-state index is -0.426. The van der Waals surface area contributed by atoms with E-state index in [0.717, 1.165) is 12.8 Å². The van der Waals surface area contributed by atoms with E-state index in [1.54, 1.807) is 6.07 Å². The van der Waals surface area contributed by atoms with E-state index in [1.807, 2.05) is 0 Å². The Hall–Kier alpha value is -1.17. The number of hydrogen-bond donors (Lipinski definition) is 2. The first-order valence-corrected chi connectivity index (χ1v) is 6.27. The molecule has 1 unspecified atom stereocenters. The quantitative estimate of drug-likeness (QED) is 0.613. The van der Waals surface area contributed by atoms with Gasteiger partial charge in [-0.1, -0.05) is 11.6 Å². The highest BCUT2D eigenvalue weighted by Gasteiger charge is 2.29. The third kappa shape index (κ3) is 3.41. The summed E-state index contributed by atoms with van der Waals surface area (Å²) < 4.78 is 0. The van der Waals surface area contributed by atoms with Crippen molar-refractivity contribution in [2.24, 2.45) is 5.92 Å². The predicted molar refractivity (Wildman–Crippen MR) is 68.5 cm³/mol. The largest absolute Gasteiger partial charge is 0.392 e. The minimum Gasteiger partial charge on any atom is -0.392 e. The molecule has 1 saturated carbocycles. The molecule has 18 heavy (non-hydrogen) atoms. The molecule has 0 bridgehead atoms. The summed E-state index contributed by atoms with van der Waals surface area (Å²) in [5.41, 5.74) is 0.586. The van der Waals surface area contributed by atoms with E-state index >= 15 is 0 Å². The summed E-state index contributed by atoms with van der Waals surface area (Å²) in [4.78, 5) is 10.4. The SMILES string of the molecule is O=[N+]([O-])c1ccc(Cl)cc1CNCC(O)C1CC1. The molecule has 0 heterocycles. The molecule has 5 nitrogen and oxygen atoms in total. The molecule has 6 heteroatoms. The molecular weight excluding hydrogens is 256 g/mol. The number of nitro groups is 1. The first kappa shape index (κ1) is 13.3. The van der Waals surface area contributed by atoms with Crippen molar-refractivity contribution in [3.8, 4) is 0 Å². The van der Waals surface area contributed by atoms with Gasteiger partial charge in [0.2, 0.25) is 0 Å². The third-order valence-corrected chi connectivity index (χ3v) is 3.31. The van der Waals surface area contributed by atoms with Crippen LogP contribution in [0.2, 0.25) is 5.02 Å². The molecule has 0 aliphatic heterocycles. The number of nitro benzene ring substituents is 1. The summed E-state index contributed by atoms with van der Waals surface area (Å²) >= 11 is 5.82. The van der Waals surface area contributed by atoms with E-state index in [4.69, 9.17) is 11.6 Å². The highest BCUT2D eigenvalue weighted by molar-refractivity contribution is 6.30. The molecule has 0 radical (unpaired) electrons. The summed E-state index contributed by atoms with van der Waals surface area (Å²) in [6, 6.07) is 4.48. The lowest BCUT2D eigenvalue weighted by atomic mass is 10.1. The maximum Gasteiger partial charge on any atom is 0.273 e. The Bertz CT molecular complexity index is 449. The number of aliphatic hydroxyl groups is 1. The highest BCUT2D eigenvalue weighted by atomic mass is 35.5. The zero-order valence-corrected chi connectivity index (χ0v) is 10.6. The van der Waals surface area contributed by atoms with E-state index in [-0.39, 0.29) is 11.8 Å². The Morgan fingerprint density at radius 1 is 1.56 bits per heavy atom. The van der Waals surface area contributed by atoms with Crippen molar-refractivity contribution in [1.82, 2.24) is 5.32 Å². The molecule has 0 saturated heterocycles. The van der Waals surface area contributed by atoms with Crippen molar-refractivity contribution in [1.29, 1.82) is 0 Å². The maximum atomic E-state index is 10.8. The summed E-state index contributed by atoms with van der Waals surface area (Å²) in [7, 11) is 0. The highest BCUT2D eigenvalue weighted by Crippen LogP contribution is 2.32. The molecule has 1 aromatic carbocycles. The molecule has 98 valence electrons. The number of nitrogens with zero attached hydrogens (tertiary/aromatic N) is 1. The van der Waals surface area contributed by atoms with Gasteiger partial charge in [0, 0.05) is 29.7 Å². The van der Waals surface area contributed by atoms with Gasteiger partial charge >= 0.3 is 0 Å². The summed E-state index contributed by atoms with van der Waals surface area (Å²) in [6.07, 6.45) is 1.78. The van der Waals surface area contributed by atoms with Crippen molar-refractivity contribution in [3.05, 3.63) is 38.9 Å². The monoisotopic (exact) mass is 270 g/mol. The van der Waals surface area contributed by atoms with Crippen LogP contribution >= 0.6 is 11.6 Å². The van der Waals surface area contributed by atoms with Crippen molar-refractivity contribution in [3.63, 3.8) is 0 Å². The Morgan fingerprint density at radius 2 is 2.28 bits per heavy atom. The number of rotatable bonds is 6. The fraction of sp³-hybridized carbons (Fsp3) is 0.500. The van der Waals surface area contributed by atoms with Gasteiger partial charge < -0.3 is 10.4 Å². The van der Waals surface area contributed by atoms with Crippen LogP contribution in [0.5, 0.6) is 0 Å². The molecule has 1 aliphatic carbocycles. The number of nitrogens with one attached hydrogen (secondary N) is 1. The van der Waals surface area contributed by atoms with Crippen LogP contribution in [0.1, 0.15) is 18.4 Å². The van der Waals surface area contributed by atoms with Crippen LogP contribution in [0.3, 0.4) is 0 Å². The zero-order valence-electron chi connectivity index (χ0n) is 9.80. The molecule has 0 aromatic heterocycles. The topological polar surface area (TPSA) is 75.4 Å². The van der Waals surface area contributed by atoms with Gasteiger partial charge in [0.25, 0.3) is 5.69 Å². The Kier molecular flexibility index (Phi) is 4.16. The standard InChI is InChI=1S/C12H15ClN2O3/c13-10-3-4-11(15(17)18)9(5-10)6-14-7-12(16)8-1-2-8/h3-5,8,12,14,16H,1-2,6-7H2. The lowest BCUT2D eigenvalue weighted by Crippen LogP contribution is -2.28. The smallest absolute Gasteiger partial charge is 0.273 e. The van der Waals surface area contributed by atoms with Gasteiger partial charge in [-0.05, 0) is 30.9 Å². The minimum absolute atomic E-state index is 0.0489. The molecule has 0 amide bonds. The van der Waals surface area contributed by atoms with Crippen LogP contribution in [0.25, 0.3) is 0 Å². The molecule has 1 atom stereocenters. The second kappa shape index (κ2) is 5.65. The molecule has 2 N–H and O–H groups in total. The molecular formula is C12H15ClN2O3. The van der Waals surface area contributed by atoms with Gasteiger partial charge in [0.05, 0.1) is 11.0 Å². The van der Waals surface area contributed by atoms with Crippen LogP contribution in [0.15, 0.2) is 18.2 Å². The summed E-state index contributed by atoms with van der Waals surface area (Å²) in [5.74, 6) is 0.395. The van der Waals surface area contributed by atoms with Crippen LogP contribution < -0.4 is 5.32 Å². The summed E-state index contributed by atoms with van der Waals surface area (Å²) in [5, 5.41) is 24.0. The molecule has 1 aromatic rings. The van der Waals surface area contributed by atoms with Crippen molar-refractivity contribution in [2.45, 2.75) is 25.5 Å². The zero-order chi connectivity index (χ0) is 13.1. The van der Waals surface area contributed by atoms with Gasteiger partial charge in [0.15, 0.2) is 0 Å². The van der Waals surface area contributed by atoms with E-state index in [1.165, 1.54) is 12.1 Å². The van der Waals surface area contributed by atoms with E-state index in [9.17, 15) is 15.2 Å². The lowest BCUT2D eigenvalue weighted by molar-refractivity contribution is -0.385. The Morgan fingerprint density at radius 3 is 2.89 bits per heavy atom. The maximum absolute atomic E-state index is 10.8. The average Bonchev–Trinajstić information content (AvgIpc) is 3.12. The number of halogens is 1. The number of aliphatic hydroxyl groups excluding tert-OH is 1. The average molecular weight is 271 g/mol. The van der Waals surface area contributed by atoms with Gasteiger partial charge in [0.1, 0.15) is 0 Å². The van der Waals surface area contributed by atoms with E-state index in [2.05, 4.69) is 5.32 Å². The third-order valence-electron chi connectivity index (χ3n) is 3.07. The molecule has 0 spiro atoms. The van der Waals surface area contributed by atoms with Crippen LogP contribution in [0.4, 0.5) is 5.69 Å². The van der Waals surface area contributed by atoms with Crippen LogP contribution in [-0.2, 0) is 6.54 Å². The van der Waals surface area contributed by atoms with Crippen LogP contribution in [0, 0.1) is 16.0 Å². The van der Waals surface area contributed by atoms with Crippen molar-refractivity contribution in [2.75, 3.05) is 6.54 Å². The van der Waals surface area contributed by atoms with Gasteiger partial charge in [-0.2, -0.15) is 0 Å². The molecule has 2 rings (SSSR count). The van der Waals surface area contributed by atoms with E-state index in [0.29, 0.717) is 29.6 Å². The fourth-order valence-corrected chi connectivity index (χ4v) is 2.07. The Balaban J connectivity index is 1.94. The predicted octanol–water partition coefficient (Wildman–Crippen LogP) is 2.11. The molecule has 1 aliphatic rings. The van der Waals surface area contributed by atoms with Crippen LogP contribution in [-0.4, -0.2) is 22.7 Å². The normalized spacial score (nSPS) is 16.6. The first-order valence-electron chi connectivity index (χ1n) is 5.89. The molecule has 1 fully saturated rings. The van der Waals surface area contributed by atoms with Crippen molar-refractivity contribution < 1.29 is 10.0 Å². The van der Waals surface area contributed by atoms with Gasteiger partial charge in [-0.3, -0.25) is 10.1 Å². The summed E-state index contributed by atoms with van der Waals surface area (Å²) in [6.45, 7) is 0.787. The lowest BCUT2D eigenvalue weighted by Gasteiger charge is -2.10. The second-order valence-electron chi connectivity index (χ2n) is 4.57. The fourth-order valence-electron chi connectivity index (χ4n) is 1.88. The van der Waals surface area contributed by atoms with Gasteiger partial charge in [-0.25, -0.2) is 0 Å². The number of hydrogen-bond acceptors (Lipinski definition) is 4.